The number of hydrogen-bond acceptors (Lipinski definition) is 3. The molecule has 5 heteroatoms. The van der Waals surface area contributed by atoms with Gasteiger partial charge in [0.1, 0.15) is 0 Å². The van der Waals surface area contributed by atoms with Crippen molar-refractivity contribution in [2.75, 3.05) is 6.61 Å². The van der Waals surface area contributed by atoms with Crippen molar-refractivity contribution in [2.24, 2.45) is 11.1 Å². The van der Waals surface area contributed by atoms with Crippen molar-refractivity contribution in [1.82, 2.24) is 5.32 Å². The monoisotopic (exact) mass is 290 g/mol. The highest BCUT2D eigenvalue weighted by molar-refractivity contribution is 5.85. The zero-order chi connectivity index (χ0) is 13.2. The van der Waals surface area contributed by atoms with Crippen molar-refractivity contribution in [3.8, 4) is 0 Å². The lowest BCUT2D eigenvalue weighted by atomic mass is 9.55. The number of hydrogen-bond donors (Lipinski definition) is 2. The van der Waals surface area contributed by atoms with Crippen LogP contribution < -0.4 is 11.1 Å². The van der Waals surface area contributed by atoms with E-state index in [-0.39, 0.29) is 29.8 Å². The van der Waals surface area contributed by atoms with E-state index in [0.29, 0.717) is 6.10 Å². The minimum atomic E-state index is -0.420. The Morgan fingerprint density at radius 1 is 1.42 bits per heavy atom. The molecule has 4 nitrogen and oxygen atoms in total. The Labute approximate surface area is 122 Å². The lowest BCUT2D eigenvalue weighted by Crippen LogP contribution is -2.66. The third kappa shape index (κ3) is 3.23. The first-order valence-corrected chi connectivity index (χ1v) is 7.27. The summed E-state index contributed by atoms with van der Waals surface area (Å²) in [6, 6.07) is -0.148. The Morgan fingerprint density at radius 2 is 2.05 bits per heavy atom. The second-order valence-electron chi connectivity index (χ2n) is 5.82. The van der Waals surface area contributed by atoms with Crippen molar-refractivity contribution >= 4 is 18.3 Å². The van der Waals surface area contributed by atoms with Crippen LogP contribution in [0, 0.1) is 5.41 Å². The summed E-state index contributed by atoms with van der Waals surface area (Å²) in [5.41, 5.74) is 5.82. The van der Waals surface area contributed by atoms with Crippen molar-refractivity contribution in [3.63, 3.8) is 0 Å². The second kappa shape index (κ2) is 6.91. The van der Waals surface area contributed by atoms with Crippen LogP contribution in [0.25, 0.3) is 0 Å². The van der Waals surface area contributed by atoms with Crippen molar-refractivity contribution in [3.05, 3.63) is 0 Å². The normalized spacial score (nSPS) is 30.1. The highest BCUT2D eigenvalue weighted by Gasteiger charge is 2.56. The van der Waals surface area contributed by atoms with Crippen LogP contribution in [0.2, 0.25) is 0 Å². The van der Waals surface area contributed by atoms with E-state index in [1.54, 1.807) is 6.92 Å². The van der Waals surface area contributed by atoms with Crippen molar-refractivity contribution in [2.45, 2.75) is 70.6 Å². The fourth-order valence-electron chi connectivity index (χ4n) is 3.57. The highest BCUT2D eigenvalue weighted by atomic mass is 35.5. The third-order valence-corrected chi connectivity index (χ3v) is 4.67. The molecule has 19 heavy (non-hydrogen) atoms. The molecule has 2 unspecified atom stereocenters. The van der Waals surface area contributed by atoms with Gasteiger partial charge in [-0.3, -0.25) is 4.79 Å². The van der Waals surface area contributed by atoms with E-state index in [1.807, 2.05) is 6.92 Å². The van der Waals surface area contributed by atoms with Crippen LogP contribution in [0.3, 0.4) is 0 Å². The molecule has 2 rings (SSSR count). The zero-order valence-electron chi connectivity index (χ0n) is 12.0. The van der Waals surface area contributed by atoms with Crippen molar-refractivity contribution in [1.29, 1.82) is 0 Å². The Balaban J connectivity index is 0.00000180. The predicted octanol–water partition coefficient (Wildman–Crippen LogP) is 2.00. The molecule has 0 aliphatic heterocycles. The van der Waals surface area contributed by atoms with E-state index in [9.17, 15) is 4.79 Å². The molecule has 112 valence electrons. The van der Waals surface area contributed by atoms with Gasteiger partial charge in [0.2, 0.25) is 5.91 Å². The fraction of sp³-hybridized carbons (Fsp3) is 0.929. The fourth-order valence-corrected chi connectivity index (χ4v) is 3.57. The molecule has 0 saturated heterocycles. The molecule has 2 fully saturated rings. The third-order valence-electron chi connectivity index (χ3n) is 4.67. The Bertz CT molecular complexity index is 304. The smallest absolute Gasteiger partial charge is 0.236 e. The Morgan fingerprint density at radius 3 is 2.58 bits per heavy atom. The van der Waals surface area contributed by atoms with Gasteiger partial charge >= 0.3 is 0 Å². The molecular formula is C14H27ClN2O2. The summed E-state index contributed by atoms with van der Waals surface area (Å²) in [6.45, 7) is 4.55. The van der Waals surface area contributed by atoms with Crippen LogP contribution in [0.1, 0.15) is 52.4 Å². The van der Waals surface area contributed by atoms with Crippen LogP contribution in [-0.4, -0.2) is 30.7 Å². The summed E-state index contributed by atoms with van der Waals surface area (Å²) < 4.78 is 5.86. The van der Waals surface area contributed by atoms with Gasteiger partial charge < -0.3 is 15.8 Å². The Hall–Kier alpha value is -0.320. The van der Waals surface area contributed by atoms with E-state index < -0.39 is 6.04 Å². The van der Waals surface area contributed by atoms with Gasteiger partial charge in [-0.25, -0.2) is 0 Å². The summed E-state index contributed by atoms with van der Waals surface area (Å²) in [7, 11) is 0. The summed E-state index contributed by atoms with van der Waals surface area (Å²) in [6.07, 6.45) is 7.48. The molecular weight excluding hydrogens is 264 g/mol. The second-order valence-corrected chi connectivity index (χ2v) is 5.82. The molecule has 1 spiro atoms. The summed E-state index contributed by atoms with van der Waals surface area (Å²) in [5.74, 6) is -0.0279. The molecule has 3 atom stereocenters. The van der Waals surface area contributed by atoms with Gasteiger partial charge in [0, 0.05) is 18.1 Å². The van der Waals surface area contributed by atoms with E-state index in [1.165, 1.54) is 32.1 Å². The molecule has 0 heterocycles. The number of rotatable bonds is 4. The minimum Gasteiger partial charge on any atom is -0.378 e. The quantitative estimate of drug-likeness (QED) is 0.832. The van der Waals surface area contributed by atoms with Gasteiger partial charge in [-0.2, -0.15) is 0 Å². The number of amides is 1. The number of halogens is 1. The average molecular weight is 291 g/mol. The first-order chi connectivity index (χ1) is 8.60. The molecule has 3 N–H and O–H groups in total. The average Bonchev–Trinajstić information content (AvgIpc) is 2.38. The number of ether oxygens (including phenoxy) is 1. The maximum absolute atomic E-state index is 11.8. The molecule has 0 radical (unpaired) electrons. The van der Waals surface area contributed by atoms with Gasteiger partial charge in [0.05, 0.1) is 12.1 Å². The van der Waals surface area contributed by atoms with Crippen LogP contribution >= 0.6 is 12.4 Å². The zero-order valence-corrected chi connectivity index (χ0v) is 12.8. The molecule has 2 aliphatic carbocycles. The number of carbonyl (C=O) groups is 1. The summed E-state index contributed by atoms with van der Waals surface area (Å²) >= 11 is 0. The molecule has 0 aromatic carbocycles. The molecule has 2 aliphatic rings. The van der Waals surface area contributed by atoms with Gasteiger partial charge in [0.25, 0.3) is 0 Å². The maximum Gasteiger partial charge on any atom is 0.236 e. The van der Waals surface area contributed by atoms with E-state index in [4.69, 9.17) is 10.5 Å². The SMILES string of the molecule is CCOC1CC(NC(=O)[C@@H](C)N)C12CCCCC2.Cl. The largest absolute Gasteiger partial charge is 0.378 e. The standard InChI is InChI=1S/C14H26N2O2.ClH/c1-3-18-12-9-11(16-13(17)10(2)15)14(12)7-5-4-6-8-14;/h10-12H,3-9,15H2,1-2H3,(H,16,17);1H/t10-,11?,12?;/m1./s1. The van der Waals surface area contributed by atoms with Crippen LogP contribution in [0.15, 0.2) is 0 Å². The topological polar surface area (TPSA) is 64.3 Å². The van der Waals surface area contributed by atoms with E-state index in [0.717, 1.165) is 13.0 Å². The number of nitrogens with two attached hydrogens (primary N) is 1. The Kier molecular flexibility index (Phi) is 6.09. The van der Waals surface area contributed by atoms with Gasteiger partial charge in [-0.15, -0.1) is 12.4 Å². The number of nitrogens with one attached hydrogen (secondary N) is 1. The maximum atomic E-state index is 11.8. The summed E-state index contributed by atoms with van der Waals surface area (Å²) in [4.78, 5) is 11.8. The molecule has 1 amide bonds. The van der Waals surface area contributed by atoms with Gasteiger partial charge in [-0.05, 0) is 33.1 Å². The van der Waals surface area contributed by atoms with E-state index in [2.05, 4.69) is 5.32 Å². The molecule has 2 saturated carbocycles. The first kappa shape index (κ1) is 16.7. The lowest BCUT2D eigenvalue weighted by molar-refractivity contribution is -0.157. The molecule has 0 bridgehead atoms. The highest BCUT2D eigenvalue weighted by Crippen LogP contribution is 2.53. The minimum absolute atomic E-state index is 0. The van der Waals surface area contributed by atoms with Gasteiger partial charge in [0.15, 0.2) is 0 Å². The van der Waals surface area contributed by atoms with Crippen LogP contribution in [-0.2, 0) is 9.53 Å². The van der Waals surface area contributed by atoms with Gasteiger partial charge in [-0.1, -0.05) is 19.3 Å². The number of carbonyl (C=O) groups excluding carboxylic acids is 1. The predicted molar refractivity (Wildman–Crippen MR) is 78.4 cm³/mol. The van der Waals surface area contributed by atoms with Crippen LogP contribution in [0.5, 0.6) is 0 Å². The first-order valence-electron chi connectivity index (χ1n) is 7.27. The van der Waals surface area contributed by atoms with E-state index >= 15 is 0 Å². The summed E-state index contributed by atoms with van der Waals surface area (Å²) in [5, 5.41) is 3.12. The van der Waals surface area contributed by atoms with Crippen molar-refractivity contribution < 1.29 is 9.53 Å². The lowest BCUT2D eigenvalue weighted by Gasteiger charge is -2.57. The molecule has 0 aromatic rings. The molecule has 0 aromatic heterocycles. The van der Waals surface area contributed by atoms with Crippen LogP contribution in [0.4, 0.5) is 0 Å².